The summed E-state index contributed by atoms with van der Waals surface area (Å²) in [6.07, 6.45) is 3.01. The van der Waals surface area contributed by atoms with E-state index in [2.05, 4.69) is 0 Å². The van der Waals surface area contributed by atoms with Crippen LogP contribution in [-0.4, -0.2) is 15.0 Å². The number of nitrogens with two attached hydrogens (primary N) is 1. The highest BCUT2D eigenvalue weighted by atomic mass is 32.2. The molecular weight excluding hydrogens is 222 g/mol. The lowest BCUT2D eigenvalue weighted by molar-refractivity contribution is 0.601. The van der Waals surface area contributed by atoms with Gasteiger partial charge in [0.2, 0.25) is 9.84 Å². The average Bonchev–Trinajstić information content (AvgIpc) is 2.47. The molecule has 0 spiro atoms. The summed E-state index contributed by atoms with van der Waals surface area (Å²) in [7, 11) is -3.23. The normalized spacial score (nSPS) is 17.0. The van der Waals surface area contributed by atoms with Crippen LogP contribution in [0, 0.1) is 6.92 Å². The van der Waals surface area contributed by atoms with E-state index >= 15 is 0 Å². The van der Waals surface area contributed by atoms with E-state index in [1.165, 1.54) is 0 Å². The van der Waals surface area contributed by atoms with E-state index in [1.807, 2.05) is 19.1 Å². The predicted octanol–water partition coefficient (Wildman–Crippen LogP) is 1.86. The molecule has 0 bridgehead atoms. The zero-order valence-corrected chi connectivity index (χ0v) is 10.0. The van der Waals surface area contributed by atoms with Crippen LogP contribution in [0.1, 0.15) is 24.0 Å². The molecule has 2 N–H and O–H groups in total. The number of rotatable bonds is 3. The van der Waals surface area contributed by atoms with Crippen LogP contribution in [0.5, 0.6) is 0 Å². The number of aryl methyl sites for hydroxylation is 1. The monoisotopic (exact) mass is 237 g/mol. The van der Waals surface area contributed by atoms with Gasteiger partial charge in [-0.3, -0.25) is 0 Å². The molecule has 0 saturated carbocycles. The van der Waals surface area contributed by atoms with E-state index < -0.39 is 9.84 Å². The van der Waals surface area contributed by atoms with Crippen molar-refractivity contribution in [3.63, 3.8) is 0 Å². The molecule has 0 amide bonds. The summed E-state index contributed by atoms with van der Waals surface area (Å²) < 4.78 is 24.2. The van der Waals surface area contributed by atoms with Crippen molar-refractivity contribution in [2.45, 2.75) is 24.7 Å². The van der Waals surface area contributed by atoms with Crippen LogP contribution in [0.3, 0.4) is 0 Å². The Morgan fingerprint density at radius 3 is 2.75 bits per heavy atom. The lowest BCUT2D eigenvalue weighted by Crippen LogP contribution is -2.04. The second kappa shape index (κ2) is 4.03. The van der Waals surface area contributed by atoms with Crippen LogP contribution in [-0.2, 0) is 9.84 Å². The van der Waals surface area contributed by atoms with Crippen molar-refractivity contribution in [1.82, 2.24) is 0 Å². The van der Waals surface area contributed by atoms with Crippen LogP contribution < -0.4 is 5.73 Å². The molecule has 1 aromatic rings. The Labute approximate surface area is 95.9 Å². The van der Waals surface area contributed by atoms with Gasteiger partial charge in [0, 0.05) is 4.91 Å². The molecule has 0 saturated heterocycles. The van der Waals surface area contributed by atoms with Crippen molar-refractivity contribution in [2.24, 2.45) is 5.73 Å². The molecule has 1 heterocycles. The maximum absolute atomic E-state index is 12.1. The molecular formula is C12H15NO2S. The molecule has 4 heteroatoms. The van der Waals surface area contributed by atoms with Crippen molar-refractivity contribution in [1.29, 1.82) is 0 Å². The maximum Gasteiger partial charge on any atom is 0.203 e. The molecule has 1 aromatic carbocycles. The first-order valence-corrected chi connectivity index (χ1v) is 6.80. The van der Waals surface area contributed by atoms with Gasteiger partial charge < -0.3 is 5.73 Å². The first-order chi connectivity index (χ1) is 7.55. The van der Waals surface area contributed by atoms with Gasteiger partial charge in [0.25, 0.3) is 0 Å². The molecule has 0 unspecified atom stereocenters. The predicted molar refractivity (Wildman–Crippen MR) is 64.6 cm³/mol. The van der Waals surface area contributed by atoms with Gasteiger partial charge in [-0.2, -0.15) is 0 Å². The summed E-state index contributed by atoms with van der Waals surface area (Å²) in [4.78, 5) is 0.934. The molecule has 0 aromatic heterocycles. The Bertz CT molecular complexity index is 544. The third-order valence-electron chi connectivity index (χ3n) is 2.74. The van der Waals surface area contributed by atoms with Crippen molar-refractivity contribution in [3.05, 3.63) is 34.2 Å². The van der Waals surface area contributed by atoms with Crippen molar-refractivity contribution >= 4 is 15.9 Å². The number of sulfone groups is 1. The molecule has 1 aliphatic rings. The summed E-state index contributed by atoms with van der Waals surface area (Å²) >= 11 is 0. The Hall–Kier alpha value is -1.13. The van der Waals surface area contributed by atoms with Gasteiger partial charge in [0.15, 0.2) is 0 Å². The van der Waals surface area contributed by atoms with E-state index in [9.17, 15) is 8.42 Å². The summed E-state index contributed by atoms with van der Waals surface area (Å²) in [6.45, 7) is 2.47. The van der Waals surface area contributed by atoms with E-state index in [0.717, 1.165) is 11.1 Å². The zero-order chi connectivity index (χ0) is 11.8. The van der Waals surface area contributed by atoms with Crippen LogP contribution >= 0.6 is 0 Å². The molecule has 0 fully saturated rings. The molecule has 1 aliphatic heterocycles. The van der Waals surface area contributed by atoms with Crippen molar-refractivity contribution in [2.75, 3.05) is 6.54 Å². The van der Waals surface area contributed by atoms with E-state index in [-0.39, 0.29) is 0 Å². The van der Waals surface area contributed by atoms with Crippen molar-refractivity contribution < 1.29 is 8.42 Å². The standard InChI is InChI=1S/C12H15NO2S/c1-9-4-5-12-10(7-9)8-11(3-2-6-13)16(12,14)15/h4-5,7-8H,2-3,6,13H2,1H3. The van der Waals surface area contributed by atoms with Gasteiger partial charge in [-0.15, -0.1) is 0 Å². The molecule has 16 heavy (non-hydrogen) atoms. The SMILES string of the molecule is Cc1ccc2c(c1)C=C(CCCN)S2(=O)=O. The highest BCUT2D eigenvalue weighted by molar-refractivity contribution is 7.95. The van der Waals surface area contributed by atoms with Crippen LogP contribution in [0.25, 0.3) is 6.08 Å². The first-order valence-electron chi connectivity index (χ1n) is 5.32. The van der Waals surface area contributed by atoms with Crippen LogP contribution in [0.2, 0.25) is 0 Å². The van der Waals surface area contributed by atoms with Crippen LogP contribution in [0.4, 0.5) is 0 Å². The van der Waals surface area contributed by atoms with Gasteiger partial charge in [-0.1, -0.05) is 17.7 Å². The van der Waals surface area contributed by atoms with E-state index in [0.29, 0.717) is 29.2 Å². The molecule has 3 nitrogen and oxygen atoms in total. The van der Waals surface area contributed by atoms with Gasteiger partial charge >= 0.3 is 0 Å². The van der Waals surface area contributed by atoms with Crippen molar-refractivity contribution in [3.8, 4) is 0 Å². The minimum atomic E-state index is -3.23. The zero-order valence-electron chi connectivity index (χ0n) is 9.23. The topological polar surface area (TPSA) is 60.2 Å². The molecule has 0 aliphatic carbocycles. The Morgan fingerprint density at radius 2 is 2.06 bits per heavy atom. The average molecular weight is 237 g/mol. The quantitative estimate of drug-likeness (QED) is 0.873. The lowest BCUT2D eigenvalue weighted by atomic mass is 10.1. The third kappa shape index (κ3) is 1.79. The Morgan fingerprint density at radius 1 is 1.31 bits per heavy atom. The first kappa shape index (κ1) is 11.4. The highest BCUT2D eigenvalue weighted by Gasteiger charge is 2.28. The fraction of sp³-hybridized carbons (Fsp3) is 0.333. The maximum atomic E-state index is 12.1. The number of hydrogen-bond acceptors (Lipinski definition) is 3. The fourth-order valence-corrected chi connectivity index (χ4v) is 3.55. The molecule has 86 valence electrons. The largest absolute Gasteiger partial charge is 0.330 e. The second-order valence-corrected chi connectivity index (χ2v) is 6.02. The molecule has 0 atom stereocenters. The molecule has 0 radical (unpaired) electrons. The summed E-state index contributed by atoms with van der Waals surface area (Å²) in [5.74, 6) is 0. The van der Waals surface area contributed by atoms with E-state index in [4.69, 9.17) is 5.73 Å². The van der Waals surface area contributed by atoms with E-state index in [1.54, 1.807) is 12.1 Å². The van der Waals surface area contributed by atoms with Gasteiger partial charge in [0.1, 0.15) is 0 Å². The third-order valence-corrected chi connectivity index (χ3v) is 4.71. The van der Waals surface area contributed by atoms with Gasteiger partial charge in [0.05, 0.1) is 4.90 Å². The number of hydrogen-bond donors (Lipinski definition) is 1. The minimum absolute atomic E-state index is 0.435. The lowest BCUT2D eigenvalue weighted by Gasteiger charge is -2.02. The fourth-order valence-electron chi connectivity index (χ4n) is 1.90. The van der Waals surface area contributed by atoms with Gasteiger partial charge in [-0.05, 0) is 44.0 Å². The Balaban J connectivity index is 2.44. The van der Waals surface area contributed by atoms with Gasteiger partial charge in [-0.25, -0.2) is 8.42 Å². The Kier molecular flexibility index (Phi) is 2.86. The highest BCUT2D eigenvalue weighted by Crippen LogP contribution is 2.35. The number of benzene rings is 1. The summed E-state index contributed by atoms with van der Waals surface area (Å²) in [5.41, 5.74) is 7.29. The summed E-state index contributed by atoms with van der Waals surface area (Å²) in [5, 5.41) is 0. The van der Waals surface area contributed by atoms with Crippen LogP contribution in [0.15, 0.2) is 28.0 Å². The molecule has 2 rings (SSSR count). The second-order valence-electron chi connectivity index (χ2n) is 4.05. The number of fused-ring (bicyclic) bond motifs is 1. The smallest absolute Gasteiger partial charge is 0.203 e. The summed E-state index contributed by atoms with van der Waals surface area (Å²) in [6, 6.07) is 5.42. The number of allylic oxidation sites excluding steroid dienone is 1. The minimum Gasteiger partial charge on any atom is -0.330 e.